The Labute approximate surface area is 120 Å². The van der Waals surface area contributed by atoms with Gasteiger partial charge in [-0.05, 0) is 32.9 Å². The molecule has 2 N–H and O–H groups in total. The molecule has 1 saturated heterocycles. The van der Waals surface area contributed by atoms with Crippen LogP contribution in [-0.2, 0) is 0 Å². The lowest BCUT2D eigenvalue weighted by Crippen LogP contribution is -2.52. The van der Waals surface area contributed by atoms with Crippen molar-refractivity contribution in [2.45, 2.75) is 26.8 Å². The number of nitrogens with zero attached hydrogens (tertiary/aromatic N) is 3. The molecule has 0 bridgehead atoms. The zero-order valence-corrected chi connectivity index (χ0v) is 12.6. The third-order valence-corrected chi connectivity index (χ3v) is 4.02. The highest BCUT2D eigenvalue weighted by molar-refractivity contribution is 5.95. The van der Waals surface area contributed by atoms with E-state index in [4.69, 9.17) is 5.73 Å². The number of carbonyl (C=O) groups is 1. The van der Waals surface area contributed by atoms with Gasteiger partial charge in [-0.1, -0.05) is 0 Å². The van der Waals surface area contributed by atoms with Gasteiger partial charge in [-0.2, -0.15) is 0 Å². The molecule has 2 rings (SSSR count). The molecule has 1 atom stereocenters. The summed E-state index contributed by atoms with van der Waals surface area (Å²) in [4.78, 5) is 21.1. The van der Waals surface area contributed by atoms with E-state index in [2.05, 4.69) is 16.8 Å². The van der Waals surface area contributed by atoms with E-state index in [1.54, 1.807) is 0 Å². The molecule has 1 amide bonds. The van der Waals surface area contributed by atoms with Crippen molar-refractivity contribution in [3.8, 4) is 0 Å². The molecule has 0 spiro atoms. The number of piperazine rings is 1. The molecule has 20 heavy (non-hydrogen) atoms. The van der Waals surface area contributed by atoms with Crippen LogP contribution >= 0.6 is 0 Å². The number of nitrogens with two attached hydrogens (primary N) is 1. The van der Waals surface area contributed by atoms with Gasteiger partial charge in [-0.15, -0.1) is 0 Å². The van der Waals surface area contributed by atoms with Crippen molar-refractivity contribution in [3.05, 3.63) is 29.1 Å². The van der Waals surface area contributed by atoms with Gasteiger partial charge in [-0.25, -0.2) is 0 Å². The number of hydrogen-bond donors (Lipinski definition) is 1. The fourth-order valence-corrected chi connectivity index (χ4v) is 2.60. The number of amides is 1. The van der Waals surface area contributed by atoms with E-state index in [0.29, 0.717) is 12.6 Å². The Hall–Kier alpha value is -1.46. The van der Waals surface area contributed by atoms with Crippen molar-refractivity contribution in [3.63, 3.8) is 0 Å². The van der Waals surface area contributed by atoms with Crippen LogP contribution in [0.3, 0.4) is 0 Å². The highest BCUT2D eigenvalue weighted by atomic mass is 16.2. The van der Waals surface area contributed by atoms with Crippen LogP contribution in [0, 0.1) is 13.8 Å². The highest BCUT2D eigenvalue weighted by Crippen LogP contribution is 2.13. The minimum Gasteiger partial charge on any atom is -0.336 e. The first-order valence-corrected chi connectivity index (χ1v) is 7.20. The van der Waals surface area contributed by atoms with Gasteiger partial charge in [0.25, 0.3) is 5.91 Å². The second-order valence-corrected chi connectivity index (χ2v) is 5.50. The van der Waals surface area contributed by atoms with E-state index < -0.39 is 0 Å². The molecule has 5 heteroatoms. The fourth-order valence-electron chi connectivity index (χ4n) is 2.60. The average molecular weight is 276 g/mol. The predicted octanol–water partition coefficient (Wildman–Crippen LogP) is 0.803. The normalized spacial score (nSPS) is 18.1. The molecular formula is C15H24N4O. The summed E-state index contributed by atoms with van der Waals surface area (Å²) in [6.07, 6.45) is 0. The van der Waals surface area contributed by atoms with E-state index in [9.17, 15) is 4.79 Å². The number of rotatable bonds is 3. The van der Waals surface area contributed by atoms with Crippen molar-refractivity contribution in [2.75, 3.05) is 32.7 Å². The van der Waals surface area contributed by atoms with Crippen LogP contribution in [0.15, 0.2) is 12.1 Å². The Balaban J connectivity index is 2.01. The van der Waals surface area contributed by atoms with Gasteiger partial charge >= 0.3 is 0 Å². The Morgan fingerprint density at radius 1 is 1.30 bits per heavy atom. The van der Waals surface area contributed by atoms with Gasteiger partial charge in [0.1, 0.15) is 0 Å². The molecule has 2 heterocycles. The first-order valence-electron chi connectivity index (χ1n) is 7.20. The molecule has 0 radical (unpaired) electrons. The molecule has 1 aliphatic rings. The molecular weight excluding hydrogens is 252 g/mol. The maximum absolute atomic E-state index is 12.5. The van der Waals surface area contributed by atoms with Crippen molar-refractivity contribution < 1.29 is 4.79 Å². The lowest BCUT2D eigenvalue weighted by atomic mass is 10.1. The fraction of sp³-hybridized carbons (Fsp3) is 0.600. The largest absolute Gasteiger partial charge is 0.336 e. The minimum atomic E-state index is 0.0926. The second kappa shape index (κ2) is 6.33. The Bertz CT molecular complexity index is 481. The van der Waals surface area contributed by atoms with Gasteiger partial charge in [0.2, 0.25) is 0 Å². The third-order valence-electron chi connectivity index (χ3n) is 4.02. The van der Waals surface area contributed by atoms with Crippen LogP contribution in [0.4, 0.5) is 0 Å². The summed E-state index contributed by atoms with van der Waals surface area (Å²) < 4.78 is 0. The molecule has 5 nitrogen and oxygen atoms in total. The molecule has 1 fully saturated rings. The van der Waals surface area contributed by atoms with Gasteiger partial charge in [0.15, 0.2) is 0 Å². The van der Waals surface area contributed by atoms with Crippen molar-refractivity contribution in [2.24, 2.45) is 5.73 Å². The lowest BCUT2D eigenvalue weighted by Gasteiger charge is -2.37. The third kappa shape index (κ3) is 3.16. The highest BCUT2D eigenvalue weighted by Gasteiger charge is 2.25. The van der Waals surface area contributed by atoms with Gasteiger partial charge < -0.3 is 10.6 Å². The summed E-state index contributed by atoms with van der Waals surface area (Å²) in [6.45, 7) is 9.93. The van der Waals surface area contributed by atoms with Crippen molar-refractivity contribution >= 4 is 5.91 Å². The Morgan fingerprint density at radius 3 is 2.50 bits per heavy atom. The number of carbonyl (C=O) groups excluding carboxylic acids is 1. The van der Waals surface area contributed by atoms with E-state index in [0.717, 1.165) is 43.1 Å². The monoisotopic (exact) mass is 276 g/mol. The van der Waals surface area contributed by atoms with Gasteiger partial charge in [-0.3, -0.25) is 14.7 Å². The maximum atomic E-state index is 12.5. The molecule has 0 aliphatic carbocycles. The topological polar surface area (TPSA) is 62.5 Å². The lowest BCUT2D eigenvalue weighted by molar-refractivity contribution is 0.0588. The first-order chi connectivity index (χ1) is 9.52. The Kier molecular flexibility index (Phi) is 4.73. The Morgan fingerprint density at radius 2 is 1.95 bits per heavy atom. The predicted molar refractivity (Wildman–Crippen MR) is 79.7 cm³/mol. The molecule has 1 aromatic rings. The van der Waals surface area contributed by atoms with Gasteiger partial charge in [0.05, 0.1) is 11.3 Å². The molecule has 1 aliphatic heterocycles. The average Bonchev–Trinajstić information content (AvgIpc) is 2.46. The molecule has 0 aromatic carbocycles. The summed E-state index contributed by atoms with van der Waals surface area (Å²) in [6, 6.07) is 4.16. The van der Waals surface area contributed by atoms with Crippen molar-refractivity contribution in [1.29, 1.82) is 0 Å². The van der Waals surface area contributed by atoms with Crippen molar-refractivity contribution in [1.82, 2.24) is 14.8 Å². The van der Waals surface area contributed by atoms with Gasteiger partial charge in [0, 0.05) is 44.5 Å². The number of hydrogen-bond acceptors (Lipinski definition) is 4. The van der Waals surface area contributed by atoms with E-state index >= 15 is 0 Å². The number of aryl methyl sites for hydroxylation is 2. The smallest absolute Gasteiger partial charge is 0.255 e. The SMILES string of the molecule is Cc1ccc(C(=O)N2CCN(C(C)CN)CC2)c(C)n1. The summed E-state index contributed by atoms with van der Waals surface area (Å²) >= 11 is 0. The standard InChI is InChI=1S/C15H24N4O/c1-11-4-5-14(13(3)17-11)15(20)19-8-6-18(7-9-19)12(2)10-16/h4-5,12H,6-10,16H2,1-3H3. The second-order valence-electron chi connectivity index (χ2n) is 5.50. The van der Waals surface area contributed by atoms with Crippen LogP contribution in [-0.4, -0.2) is 59.5 Å². The van der Waals surface area contributed by atoms with Crippen LogP contribution in [0.2, 0.25) is 0 Å². The number of aromatic nitrogens is 1. The number of pyridine rings is 1. The van der Waals surface area contributed by atoms with Crippen LogP contribution < -0.4 is 5.73 Å². The first kappa shape index (κ1) is 14.9. The molecule has 1 aromatic heterocycles. The quantitative estimate of drug-likeness (QED) is 0.887. The summed E-state index contributed by atoms with van der Waals surface area (Å²) in [7, 11) is 0. The summed E-state index contributed by atoms with van der Waals surface area (Å²) in [5, 5.41) is 0. The maximum Gasteiger partial charge on any atom is 0.255 e. The molecule has 0 saturated carbocycles. The van der Waals surface area contributed by atoms with E-state index in [1.807, 2.05) is 30.9 Å². The zero-order chi connectivity index (χ0) is 14.7. The zero-order valence-electron chi connectivity index (χ0n) is 12.6. The van der Waals surface area contributed by atoms with E-state index in [-0.39, 0.29) is 5.91 Å². The van der Waals surface area contributed by atoms with Crippen LogP contribution in [0.1, 0.15) is 28.7 Å². The van der Waals surface area contributed by atoms with Crippen LogP contribution in [0.25, 0.3) is 0 Å². The summed E-state index contributed by atoms with van der Waals surface area (Å²) in [5.74, 6) is 0.0926. The van der Waals surface area contributed by atoms with E-state index in [1.165, 1.54) is 0 Å². The van der Waals surface area contributed by atoms with Crippen LogP contribution in [0.5, 0.6) is 0 Å². The summed E-state index contributed by atoms with van der Waals surface area (Å²) in [5.41, 5.74) is 8.17. The minimum absolute atomic E-state index is 0.0926. The molecule has 110 valence electrons. The molecule has 1 unspecified atom stereocenters.